The van der Waals surface area contributed by atoms with Gasteiger partial charge >= 0.3 is 18.9 Å². The van der Waals surface area contributed by atoms with Gasteiger partial charge in [-0.05, 0) is 0 Å². The van der Waals surface area contributed by atoms with Gasteiger partial charge in [0, 0.05) is 5.75 Å². The summed E-state index contributed by atoms with van der Waals surface area (Å²) in [5.74, 6) is 0.935. The second-order valence-corrected chi connectivity index (χ2v) is 2.03. The van der Waals surface area contributed by atoms with Gasteiger partial charge in [0.25, 0.3) is 0 Å². The molecule has 0 spiro atoms. The fourth-order valence-electron chi connectivity index (χ4n) is 0.905. The molecule has 0 aliphatic carbocycles. The maximum atomic E-state index is 5.10. The Balaban J connectivity index is 0.000001000. The van der Waals surface area contributed by atoms with Crippen LogP contribution >= 0.6 is 0 Å². The summed E-state index contributed by atoms with van der Waals surface area (Å²) in [6.45, 7) is 2.00. The molecule has 0 aliphatic rings. The van der Waals surface area contributed by atoms with Gasteiger partial charge < -0.3 is 4.74 Å². The molecule has 54 valence electrons. The minimum atomic E-state index is 0. The predicted octanol–water partition coefficient (Wildman–Crippen LogP) is -0.729. The number of hydrogen-bond acceptors (Lipinski definition) is 1. The van der Waals surface area contributed by atoms with E-state index in [1.807, 2.05) is 37.6 Å². The van der Waals surface area contributed by atoms with Crippen LogP contribution in [0, 0.1) is 6.42 Å². The summed E-state index contributed by atoms with van der Waals surface area (Å²) in [7, 11) is 1.68. The van der Waals surface area contributed by atoms with Crippen molar-refractivity contribution in [2.45, 2.75) is 6.92 Å². The minimum Gasteiger partial charge on any atom is -0.554 e. The van der Waals surface area contributed by atoms with E-state index in [1.54, 1.807) is 7.11 Å². The van der Waals surface area contributed by atoms with Gasteiger partial charge in [-0.15, -0.1) is 6.07 Å². The van der Waals surface area contributed by atoms with Crippen LogP contribution in [0.5, 0.6) is 5.75 Å². The molecule has 0 heterocycles. The Morgan fingerprint density at radius 3 is 2.36 bits per heavy atom. The third-order valence-electron chi connectivity index (χ3n) is 1.45. The quantitative estimate of drug-likeness (QED) is 0.391. The number of rotatable bonds is 2. The van der Waals surface area contributed by atoms with E-state index in [0.717, 1.165) is 11.3 Å². The summed E-state index contributed by atoms with van der Waals surface area (Å²) < 4.78 is 5.10. The third-order valence-corrected chi connectivity index (χ3v) is 1.45. The summed E-state index contributed by atoms with van der Waals surface area (Å²) in [4.78, 5) is 0. The second kappa shape index (κ2) is 5.18. The predicted molar refractivity (Wildman–Crippen MR) is 42.1 cm³/mol. The van der Waals surface area contributed by atoms with Gasteiger partial charge in [-0.25, -0.2) is 0 Å². The molecular weight excluding hydrogens is 131 g/mol. The molecule has 0 unspecified atom stereocenters. The first-order valence-corrected chi connectivity index (χ1v) is 3.31. The van der Waals surface area contributed by atoms with Crippen LogP contribution in [0.15, 0.2) is 24.3 Å². The Labute approximate surface area is 79.9 Å². The van der Waals surface area contributed by atoms with Crippen molar-refractivity contribution in [2.75, 3.05) is 7.11 Å². The Hall–Kier alpha value is -0.513. The molecule has 0 aromatic heterocycles. The summed E-state index contributed by atoms with van der Waals surface area (Å²) in [6.07, 6.45) is 2.03. The SMILES string of the molecule is C[CH-]c1ccccc1OC.[Li+]. The zero-order valence-electron chi connectivity index (χ0n) is 7.29. The summed E-state index contributed by atoms with van der Waals surface area (Å²) >= 11 is 0. The van der Waals surface area contributed by atoms with E-state index in [9.17, 15) is 0 Å². The monoisotopic (exact) mass is 142 g/mol. The largest absolute Gasteiger partial charge is 1.00 e. The van der Waals surface area contributed by atoms with Gasteiger partial charge in [-0.1, -0.05) is 19.1 Å². The van der Waals surface area contributed by atoms with Crippen LogP contribution in [0.3, 0.4) is 0 Å². The molecule has 0 bridgehead atoms. The topological polar surface area (TPSA) is 9.23 Å². The summed E-state index contributed by atoms with van der Waals surface area (Å²) in [5, 5.41) is 0. The molecule has 0 N–H and O–H groups in total. The van der Waals surface area contributed by atoms with E-state index >= 15 is 0 Å². The summed E-state index contributed by atoms with van der Waals surface area (Å²) in [6, 6.07) is 7.94. The van der Waals surface area contributed by atoms with Crippen molar-refractivity contribution < 1.29 is 23.6 Å². The molecule has 0 fully saturated rings. The third kappa shape index (κ3) is 2.53. The fraction of sp³-hybridized carbons (Fsp3) is 0.222. The number of methoxy groups -OCH3 is 1. The Morgan fingerprint density at radius 1 is 1.27 bits per heavy atom. The van der Waals surface area contributed by atoms with Gasteiger partial charge in [0.15, 0.2) is 0 Å². The van der Waals surface area contributed by atoms with Gasteiger partial charge in [0.1, 0.15) is 0 Å². The second-order valence-electron chi connectivity index (χ2n) is 2.03. The first-order valence-electron chi connectivity index (χ1n) is 3.31. The Kier molecular flexibility index (Phi) is 4.94. The van der Waals surface area contributed by atoms with E-state index in [-0.39, 0.29) is 18.9 Å². The molecule has 1 nitrogen and oxygen atoms in total. The molecular formula is C9H11LiO. The molecule has 0 saturated carbocycles. The normalized spacial score (nSPS) is 8.18. The maximum absolute atomic E-state index is 5.10. The zero-order valence-corrected chi connectivity index (χ0v) is 7.29. The number of ether oxygens (including phenoxy) is 1. The number of para-hydroxylation sites is 1. The molecule has 0 saturated heterocycles. The van der Waals surface area contributed by atoms with Crippen molar-refractivity contribution >= 4 is 0 Å². The molecule has 0 amide bonds. The minimum absolute atomic E-state index is 0. The van der Waals surface area contributed by atoms with Crippen LogP contribution in [0.2, 0.25) is 0 Å². The van der Waals surface area contributed by atoms with Crippen molar-refractivity contribution in [2.24, 2.45) is 0 Å². The van der Waals surface area contributed by atoms with Crippen LogP contribution in [0.4, 0.5) is 0 Å². The van der Waals surface area contributed by atoms with Crippen molar-refractivity contribution in [3.05, 3.63) is 36.2 Å². The smallest absolute Gasteiger partial charge is 0.554 e. The van der Waals surface area contributed by atoms with Gasteiger partial charge in [0.05, 0.1) is 7.11 Å². The maximum Gasteiger partial charge on any atom is 1.00 e. The first kappa shape index (κ1) is 10.5. The average Bonchev–Trinajstić information content (AvgIpc) is 2.04. The van der Waals surface area contributed by atoms with Crippen LogP contribution in [-0.4, -0.2) is 7.11 Å². The first-order chi connectivity index (χ1) is 4.88. The average molecular weight is 142 g/mol. The molecule has 1 aromatic carbocycles. The number of hydrogen-bond donors (Lipinski definition) is 0. The zero-order chi connectivity index (χ0) is 7.40. The molecule has 0 radical (unpaired) electrons. The molecule has 11 heavy (non-hydrogen) atoms. The van der Waals surface area contributed by atoms with Crippen LogP contribution in [0.25, 0.3) is 0 Å². The van der Waals surface area contributed by atoms with E-state index in [0.29, 0.717) is 0 Å². The van der Waals surface area contributed by atoms with Crippen LogP contribution in [-0.2, 0) is 0 Å². The standard InChI is InChI=1S/C9H11O.Li/c1-3-8-6-4-5-7-9(8)10-2;/h3-7H,1-2H3;/q-1;+1. The number of benzene rings is 1. The van der Waals surface area contributed by atoms with Crippen molar-refractivity contribution in [3.8, 4) is 5.75 Å². The van der Waals surface area contributed by atoms with E-state index in [1.165, 1.54) is 0 Å². The van der Waals surface area contributed by atoms with Gasteiger partial charge in [-0.2, -0.15) is 18.1 Å². The molecule has 0 atom stereocenters. The van der Waals surface area contributed by atoms with Gasteiger partial charge in [-0.3, -0.25) is 0 Å². The molecule has 1 rings (SSSR count). The Bertz CT molecular complexity index is 187. The molecule has 2 heteroatoms. The Morgan fingerprint density at radius 2 is 1.91 bits per heavy atom. The van der Waals surface area contributed by atoms with Crippen LogP contribution < -0.4 is 23.6 Å². The molecule has 0 aliphatic heterocycles. The van der Waals surface area contributed by atoms with Crippen molar-refractivity contribution in [1.82, 2.24) is 0 Å². The van der Waals surface area contributed by atoms with E-state index in [2.05, 4.69) is 0 Å². The van der Waals surface area contributed by atoms with Crippen molar-refractivity contribution in [3.63, 3.8) is 0 Å². The van der Waals surface area contributed by atoms with Crippen LogP contribution in [0.1, 0.15) is 12.5 Å². The van der Waals surface area contributed by atoms with Crippen molar-refractivity contribution in [1.29, 1.82) is 0 Å². The fourth-order valence-corrected chi connectivity index (χ4v) is 0.905. The van der Waals surface area contributed by atoms with Gasteiger partial charge in [0.2, 0.25) is 0 Å². The molecule has 1 aromatic rings. The van der Waals surface area contributed by atoms with E-state index < -0.39 is 0 Å². The summed E-state index contributed by atoms with van der Waals surface area (Å²) in [5.41, 5.74) is 1.14. The van der Waals surface area contributed by atoms with E-state index in [4.69, 9.17) is 4.74 Å².